The monoisotopic (exact) mass is 674 g/mol. The normalized spacial score (nSPS) is 13.7. The molecular formula is C24H19Br2F3N4O4S. The number of ether oxygens (including phenoxy) is 1. The molecule has 4 aromatic rings. The number of aryl methyl sites for hydroxylation is 1. The maximum absolute atomic E-state index is 14.0. The number of halogens is 5. The molecule has 0 saturated heterocycles. The van der Waals surface area contributed by atoms with Crippen molar-refractivity contribution < 1.29 is 31.9 Å². The Bertz CT molecular complexity index is 1570. The van der Waals surface area contributed by atoms with Crippen molar-refractivity contribution in [2.75, 3.05) is 5.32 Å². The minimum atomic E-state index is -4.81. The van der Waals surface area contributed by atoms with Crippen LogP contribution in [0.5, 0.6) is 0 Å². The number of rotatable bonds is 5. The van der Waals surface area contributed by atoms with E-state index in [9.17, 15) is 22.8 Å². The number of hydrogen-bond donors (Lipinski definition) is 1. The van der Waals surface area contributed by atoms with Crippen molar-refractivity contribution >= 4 is 65.7 Å². The standard InChI is InChI=1S/C24H19Br2F3N4O4S/c1-10(2)36-23(35)17-11-5-3-4-6-14(11)38-22(17)31-21(34)19-18(26)20-30-12(13-7-8-16(25)37-13)9-15(24(27,28)29)33(20)32-19/h7-10H,3-6H2,1-2H3,(H,31,34). The van der Waals surface area contributed by atoms with E-state index in [1.807, 2.05) is 0 Å². The zero-order chi connectivity index (χ0) is 27.4. The van der Waals surface area contributed by atoms with E-state index in [-0.39, 0.29) is 43.9 Å². The Labute approximate surface area is 234 Å². The largest absolute Gasteiger partial charge is 0.459 e. The summed E-state index contributed by atoms with van der Waals surface area (Å²) in [6.45, 7) is 3.45. The van der Waals surface area contributed by atoms with Gasteiger partial charge in [-0.3, -0.25) is 4.79 Å². The number of fused-ring (bicyclic) bond motifs is 2. The Morgan fingerprint density at radius 1 is 1.21 bits per heavy atom. The van der Waals surface area contributed by atoms with Crippen LogP contribution < -0.4 is 5.32 Å². The highest BCUT2D eigenvalue weighted by Crippen LogP contribution is 2.40. The highest BCUT2D eigenvalue weighted by Gasteiger charge is 2.37. The van der Waals surface area contributed by atoms with Crippen molar-refractivity contribution in [1.29, 1.82) is 0 Å². The first-order chi connectivity index (χ1) is 17.9. The van der Waals surface area contributed by atoms with Gasteiger partial charge in [0.05, 0.1) is 16.1 Å². The second-order valence-electron chi connectivity index (χ2n) is 8.85. The number of furan rings is 1. The molecule has 0 aromatic carbocycles. The fourth-order valence-corrected chi connectivity index (χ4v) is 6.32. The zero-order valence-corrected chi connectivity index (χ0v) is 23.9. The molecule has 38 heavy (non-hydrogen) atoms. The van der Waals surface area contributed by atoms with Gasteiger partial charge < -0.3 is 14.5 Å². The first-order valence-corrected chi connectivity index (χ1v) is 13.9. The molecular weight excluding hydrogens is 657 g/mol. The first-order valence-electron chi connectivity index (χ1n) is 11.5. The number of amides is 1. The van der Waals surface area contributed by atoms with Gasteiger partial charge in [-0.05, 0) is 95.2 Å². The molecule has 1 aliphatic carbocycles. The third-order valence-electron chi connectivity index (χ3n) is 5.81. The predicted molar refractivity (Wildman–Crippen MR) is 141 cm³/mol. The van der Waals surface area contributed by atoms with Crippen LogP contribution in [0.3, 0.4) is 0 Å². The maximum Gasteiger partial charge on any atom is 0.433 e. The number of esters is 1. The van der Waals surface area contributed by atoms with E-state index in [4.69, 9.17) is 9.15 Å². The van der Waals surface area contributed by atoms with Crippen molar-refractivity contribution in [1.82, 2.24) is 14.6 Å². The Balaban J connectivity index is 1.58. The molecule has 0 atom stereocenters. The summed E-state index contributed by atoms with van der Waals surface area (Å²) >= 11 is 7.61. The number of alkyl halides is 3. The van der Waals surface area contributed by atoms with Crippen molar-refractivity contribution in [2.24, 2.45) is 0 Å². The lowest BCUT2D eigenvalue weighted by Crippen LogP contribution is -2.18. The molecule has 0 unspecified atom stereocenters. The number of thiophene rings is 1. The van der Waals surface area contributed by atoms with Crippen LogP contribution in [0, 0.1) is 0 Å². The maximum atomic E-state index is 14.0. The number of nitrogens with one attached hydrogen (secondary N) is 1. The quantitative estimate of drug-likeness (QED) is 0.223. The van der Waals surface area contributed by atoms with Crippen LogP contribution in [-0.2, 0) is 23.8 Å². The van der Waals surface area contributed by atoms with Crippen molar-refractivity contribution in [3.8, 4) is 11.5 Å². The summed E-state index contributed by atoms with van der Waals surface area (Å²) in [5.41, 5.74) is -0.656. The van der Waals surface area contributed by atoms with E-state index in [0.29, 0.717) is 15.6 Å². The molecule has 4 heterocycles. The summed E-state index contributed by atoms with van der Waals surface area (Å²) in [6, 6.07) is 3.80. The van der Waals surface area contributed by atoms with Crippen LogP contribution in [-0.4, -0.2) is 32.6 Å². The molecule has 0 saturated carbocycles. The average Bonchev–Trinajstić information content (AvgIpc) is 3.52. The number of hydrogen-bond acceptors (Lipinski definition) is 7. The number of anilines is 1. The van der Waals surface area contributed by atoms with Gasteiger partial charge in [-0.15, -0.1) is 11.3 Å². The van der Waals surface area contributed by atoms with E-state index in [1.54, 1.807) is 13.8 Å². The van der Waals surface area contributed by atoms with Crippen molar-refractivity contribution in [2.45, 2.75) is 51.8 Å². The minimum Gasteiger partial charge on any atom is -0.459 e. The van der Waals surface area contributed by atoms with Gasteiger partial charge in [-0.25, -0.2) is 14.3 Å². The van der Waals surface area contributed by atoms with Crippen LogP contribution in [0.4, 0.5) is 18.2 Å². The molecule has 0 bridgehead atoms. The second kappa shape index (κ2) is 10.1. The molecule has 1 amide bonds. The molecule has 0 radical (unpaired) electrons. The molecule has 8 nitrogen and oxygen atoms in total. The molecule has 0 spiro atoms. The topological polar surface area (TPSA) is 98.7 Å². The van der Waals surface area contributed by atoms with E-state index >= 15 is 0 Å². The molecule has 0 aliphatic heterocycles. The summed E-state index contributed by atoms with van der Waals surface area (Å²) < 4.78 is 53.6. The molecule has 5 rings (SSSR count). The molecule has 1 aliphatic rings. The summed E-state index contributed by atoms with van der Waals surface area (Å²) in [5.74, 6) is -1.25. The molecule has 0 fully saturated rings. The summed E-state index contributed by atoms with van der Waals surface area (Å²) in [7, 11) is 0. The fraction of sp³-hybridized carbons (Fsp3) is 0.333. The predicted octanol–water partition coefficient (Wildman–Crippen LogP) is 7.29. The number of nitrogens with zero attached hydrogens (tertiary/aromatic N) is 3. The molecule has 4 aromatic heterocycles. The average molecular weight is 676 g/mol. The van der Waals surface area contributed by atoms with Crippen molar-refractivity contribution in [3.63, 3.8) is 0 Å². The van der Waals surface area contributed by atoms with E-state index in [0.717, 1.165) is 35.8 Å². The second-order valence-corrected chi connectivity index (χ2v) is 11.5. The van der Waals surface area contributed by atoms with E-state index in [2.05, 4.69) is 47.3 Å². The lowest BCUT2D eigenvalue weighted by molar-refractivity contribution is -0.142. The van der Waals surface area contributed by atoms with Gasteiger partial charge in [0.15, 0.2) is 27.5 Å². The number of aromatic nitrogens is 3. The van der Waals surface area contributed by atoms with Gasteiger partial charge in [0, 0.05) is 4.88 Å². The highest BCUT2D eigenvalue weighted by molar-refractivity contribution is 9.10. The Morgan fingerprint density at radius 3 is 2.61 bits per heavy atom. The third kappa shape index (κ3) is 5.00. The van der Waals surface area contributed by atoms with Gasteiger partial charge in [0.25, 0.3) is 5.91 Å². The summed E-state index contributed by atoms with van der Waals surface area (Å²) in [4.78, 5) is 31.5. The number of carbonyl (C=O) groups is 2. The Morgan fingerprint density at radius 2 is 1.95 bits per heavy atom. The lowest BCUT2D eigenvalue weighted by atomic mass is 9.95. The van der Waals surface area contributed by atoms with E-state index in [1.165, 1.54) is 23.5 Å². The Hall–Kier alpha value is -2.71. The Kier molecular flexibility index (Phi) is 7.16. The van der Waals surface area contributed by atoms with Crippen LogP contribution in [0.25, 0.3) is 17.1 Å². The molecule has 1 N–H and O–H groups in total. The highest BCUT2D eigenvalue weighted by atomic mass is 79.9. The fourth-order valence-electron chi connectivity index (χ4n) is 4.22. The van der Waals surface area contributed by atoms with Gasteiger partial charge >= 0.3 is 12.1 Å². The van der Waals surface area contributed by atoms with Crippen LogP contribution in [0.15, 0.2) is 31.8 Å². The smallest absolute Gasteiger partial charge is 0.433 e. The van der Waals surface area contributed by atoms with Gasteiger partial charge in [0.1, 0.15) is 10.7 Å². The van der Waals surface area contributed by atoms with Crippen LogP contribution in [0.1, 0.15) is 63.7 Å². The molecule has 14 heteroatoms. The molecule has 200 valence electrons. The summed E-state index contributed by atoms with van der Waals surface area (Å²) in [5, 5.41) is 6.91. The lowest BCUT2D eigenvalue weighted by Gasteiger charge is -2.14. The van der Waals surface area contributed by atoms with Crippen molar-refractivity contribution in [3.05, 3.63) is 54.7 Å². The van der Waals surface area contributed by atoms with Gasteiger partial charge in [-0.1, -0.05) is 0 Å². The third-order valence-corrected chi connectivity index (χ3v) is 8.17. The van der Waals surface area contributed by atoms with Crippen LogP contribution in [0.2, 0.25) is 0 Å². The SMILES string of the molecule is CC(C)OC(=O)c1c(NC(=O)c2nn3c(C(F)(F)F)cc(-c4ccc(Br)o4)nc3c2Br)sc2c1CCCC2. The summed E-state index contributed by atoms with van der Waals surface area (Å²) in [6.07, 6.45) is -1.88. The van der Waals surface area contributed by atoms with E-state index < -0.39 is 23.7 Å². The van der Waals surface area contributed by atoms with Gasteiger partial charge in [-0.2, -0.15) is 18.3 Å². The minimum absolute atomic E-state index is 0.0411. The van der Waals surface area contributed by atoms with Gasteiger partial charge in [0.2, 0.25) is 0 Å². The van der Waals surface area contributed by atoms with Crippen LogP contribution >= 0.6 is 43.2 Å². The first kappa shape index (κ1) is 26.9. The number of carbonyl (C=O) groups excluding carboxylic acids is 2. The zero-order valence-electron chi connectivity index (χ0n) is 19.9.